The topological polar surface area (TPSA) is 23.8 Å². The summed E-state index contributed by atoms with van der Waals surface area (Å²) in [5.74, 6) is 1.12. The van der Waals surface area contributed by atoms with Gasteiger partial charge in [0.25, 0.3) is 0 Å². The van der Waals surface area contributed by atoms with Crippen LogP contribution >= 0.6 is 0 Å². The molecule has 0 heterocycles. The van der Waals surface area contributed by atoms with Crippen LogP contribution in [0.25, 0.3) is 0 Å². The minimum Gasteiger partial charge on any atom is -0.198 e. The van der Waals surface area contributed by atoms with E-state index in [4.69, 9.17) is 0 Å². The molecule has 3 unspecified atom stereocenters. The van der Waals surface area contributed by atoms with Crippen molar-refractivity contribution in [3.8, 4) is 6.07 Å². The molecule has 2 rings (SSSR count). The Morgan fingerprint density at radius 3 is 2.69 bits per heavy atom. The fourth-order valence-electron chi connectivity index (χ4n) is 3.83. The highest BCUT2D eigenvalue weighted by molar-refractivity contribution is 5.24. The number of nitriles is 1. The first-order chi connectivity index (χ1) is 7.41. The molecule has 0 saturated heterocycles. The Hall–Kier alpha value is -0.770. The van der Waals surface area contributed by atoms with Gasteiger partial charge in [-0.2, -0.15) is 5.26 Å². The summed E-state index contributed by atoms with van der Waals surface area (Å²) in [5, 5.41) is 9.40. The molecule has 0 spiro atoms. The van der Waals surface area contributed by atoms with Gasteiger partial charge in [0.2, 0.25) is 0 Å². The quantitative estimate of drug-likeness (QED) is 0.555. The van der Waals surface area contributed by atoms with Gasteiger partial charge in [-0.3, -0.25) is 0 Å². The Morgan fingerprint density at radius 2 is 2.06 bits per heavy atom. The molecule has 0 amide bonds. The van der Waals surface area contributed by atoms with Crippen molar-refractivity contribution in [2.45, 2.75) is 53.4 Å². The molecular formula is C15H23N. The van der Waals surface area contributed by atoms with Crippen molar-refractivity contribution < 1.29 is 0 Å². The van der Waals surface area contributed by atoms with Crippen molar-refractivity contribution in [1.82, 2.24) is 0 Å². The van der Waals surface area contributed by atoms with E-state index in [0.29, 0.717) is 17.3 Å². The Bertz CT molecular complexity index is 358. The van der Waals surface area contributed by atoms with Gasteiger partial charge >= 0.3 is 0 Å². The zero-order chi connectivity index (χ0) is 12.0. The van der Waals surface area contributed by atoms with Crippen LogP contribution in [0.4, 0.5) is 0 Å². The van der Waals surface area contributed by atoms with Gasteiger partial charge < -0.3 is 0 Å². The van der Waals surface area contributed by atoms with Crippen LogP contribution in [0.1, 0.15) is 53.4 Å². The molecule has 1 heteroatoms. The average Bonchev–Trinajstić information content (AvgIpc) is 2.23. The number of hydrogen-bond acceptors (Lipinski definition) is 1. The summed E-state index contributed by atoms with van der Waals surface area (Å²) < 4.78 is 0. The Kier molecular flexibility index (Phi) is 2.65. The molecule has 88 valence electrons. The van der Waals surface area contributed by atoms with E-state index in [1.807, 2.05) is 0 Å². The third-order valence-electron chi connectivity index (χ3n) is 5.08. The van der Waals surface area contributed by atoms with Crippen molar-refractivity contribution in [2.75, 3.05) is 0 Å². The van der Waals surface area contributed by atoms with E-state index in [9.17, 15) is 5.26 Å². The van der Waals surface area contributed by atoms with Crippen LogP contribution in [0.3, 0.4) is 0 Å². The lowest BCUT2D eigenvalue weighted by Gasteiger charge is -2.50. The maximum Gasteiger partial charge on any atom is 0.0693 e. The molecule has 0 bridgehead atoms. The fourth-order valence-corrected chi connectivity index (χ4v) is 3.83. The summed E-state index contributed by atoms with van der Waals surface area (Å²) in [6.45, 7) is 9.18. The summed E-state index contributed by atoms with van der Waals surface area (Å²) in [6, 6.07) is 2.56. The SMILES string of the molecule is CC1C2C(=CCC1(C)C#N)CCCC2(C)C. The second-order valence-electron chi connectivity index (χ2n) is 6.62. The first-order valence-electron chi connectivity index (χ1n) is 6.51. The monoisotopic (exact) mass is 217 g/mol. The summed E-state index contributed by atoms with van der Waals surface area (Å²) >= 11 is 0. The van der Waals surface area contributed by atoms with Crippen LogP contribution < -0.4 is 0 Å². The molecule has 1 saturated carbocycles. The minimum absolute atomic E-state index is 0.150. The van der Waals surface area contributed by atoms with Gasteiger partial charge in [0.05, 0.1) is 11.5 Å². The lowest BCUT2D eigenvalue weighted by atomic mass is 9.53. The predicted molar refractivity (Wildman–Crippen MR) is 66.7 cm³/mol. The van der Waals surface area contributed by atoms with Gasteiger partial charge in [-0.1, -0.05) is 32.4 Å². The van der Waals surface area contributed by atoms with Gasteiger partial charge in [-0.25, -0.2) is 0 Å². The Labute approximate surface area is 99.5 Å². The second-order valence-corrected chi connectivity index (χ2v) is 6.62. The third kappa shape index (κ3) is 1.59. The van der Waals surface area contributed by atoms with Crippen molar-refractivity contribution >= 4 is 0 Å². The first-order valence-corrected chi connectivity index (χ1v) is 6.51. The number of rotatable bonds is 0. The van der Waals surface area contributed by atoms with E-state index in [2.05, 4.69) is 39.8 Å². The van der Waals surface area contributed by atoms with E-state index in [1.54, 1.807) is 5.57 Å². The summed E-state index contributed by atoms with van der Waals surface area (Å²) in [4.78, 5) is 0. The highest BCUT2D eigenvalue weighted by Crippen LogP contribution is 2.55. The van der Waals surface area contributed by atoms with Gasteiger partial charge in [0.1, 0.15) is 0 Å². The highest BCUT2D eigenvalue weighted by atomic mass is 14.5. The molecule has 1 nitrogen and oxygen atoms in total. The number of allylic oxidation sites excluding steroid dienone is 2. The first kappa shape index (κ1) is 11.7. The summed E-state index contributed by atoms with van der Waals surface area (Å²) in [6.07, 6.45) is 7.22. The molecule has 0 N–H and O–H groups in total. The maximum absolute atomic E-state index is 9.40. The number of nitrogens with zero attached hydrogens (tertiary/aromatic N) is 1. The Balaban J connectivity index is 2.40. The molecule has 0 aromatic rings. The zero-order valence-electron chi connectivity index (χ0n) is 11.0. The smallest absolute Gasteiger partial charge is 0.0693 e. The maximum atomic E-state index is 9.40. The van der Waals surface area contributed by atoms with Gasteiger partial charge in [0.15, 0.2) is 0 Å². The summed E-state index contributed by atoms with van der Waals surface area (Å²) in [7, 11) is 0. The Morgan fingerprint density at radius 1 is 1.38 bits per heavy atom. The standard InChI is InChI=1S/C15H23N/c1-11-13-12(6-5-8-14(13,2)3)7-9-15(11,4)10-16/h7,11,13H,5-6,8-9H2,1-4H3. The van der Waals surface area contributed by atoms with Crippen LogP contribution in [0.2, 0.25) is 0 Å². The van der Waals surface area contributed by atoms with Crippen molar-refractivity contribution in [2.24, 2.45) is 22.7 Å². The highest BCUT2D eigenvalue weighted by Gasteiger charge is 2.47. The molecule has 2 aliphatic rings. The largest absolute Gasteiger partial charge is 0.198 e. The molecule has 0 aromatic carbocycles. The molecular weight excluding hydrogens is 194 g/mol. The summed E-state index contributed by atoms with van der Waals surface area (Å²) in [5.41, 5.74) is 1.86. The molecule has 2 aliphatic carbocycles. The van der Waals surface area contributed by atoms with Crippen molar-refractivity contribution in [3.63, 3.8) is 0 Å². The number of fused-ring (bicyclic) bond motifs is 1. The van der Waals surface area contributed by atoms with Crippen LogP contribution in [0.15, 0.2) is 11.6 Å². The van der Waals surface area contributed by atoms with Gasteiger partial charge in [-0.15, -0.1) is 0 Å². The van der Waals surface area contributed by atoms with Crippen LogP contribution in [-0.4, -0.2) is 0 Å². The molecule has 3 atom stereocenters. The van der Waals surface area contributed by atoms with Crippen LogP contribution in [-0.2, 0) is 0 Å². The lowest BCUT2D eigenvalue weighted by Crippen LogP contribution is -2.43. The normalized spacial score (nSPS) is 41.8. The van der Waals surface area contributed by atoms with Gasteiger partial charge in [0, 0.05) is 0 Å². The molecule has 16 heavy (non-hydrogen) atoms. The molecule has 1 fully saturated rings. The molecule has 0 radical (unpaired) electrons. The van der Waals surface area contributed by atoms with Crippen LogP contribution in [0, 0.1) is 34.0 Å². The zero-order valence-corrected chi connectivity index (χ0v) is 11.0. The minimum atomic E-state index is -0.150. The van der Waals surface area contributed by atoms with E-state index >= 15 is 0 Å². The van der Waals surface area contributed by atoms with Gasteiger partial charge in [-0.05, 0) is 49.9 Å². The molecule has 0 aliphatic heterocycles. The average molecular weight is 217 g/mol. The fraction of sp³-hybridized carbons (Fsp3) is 0.800. The third-order valence-corrected chi connectivity index (χ3v) is 5.08. The molecule has 0 aromatic heterocycles. The van der Waals surface area contributed by atoms with E-state index < -0.39 is 0 Å². The second kappa shape index (κ2) is 3.62. The predicted octanol–water partition coefficient (Wildman–Crippen LogP) is 4.31. The van der Waals surface area contributed by atoms with Crippen LogP contribution in [0.5, 0.6) is 0 Å². The van der Waals surface area contributed by atoms with E-state index in [1.165, 1.54) is 19.3 Å². The van der Waals surface area contributed by atoms with Crippen molar-refractivity contribution in [3.05, 3.63) is 11.6 Å². The van der Waals surface area contributed by atoms with E-state index in [0.717, 1.165) is 6.42 Å². The number of hydrogen-bond donors (Lipinski definition) is 0. The van der Waals surface area contributed by atoms with E-state index in [-0.39, 0.29) is 5.41 Å². The van der Waals surface area contributed by atoms with Crippen molar-refractivity contribution in [1.29, 1.82) is 5.26 Å². The lowest BCUT2D eigenvalue weighted by molar-refractivity contribution is 0.0707.